The van der Waals surface area contributed by atoms with Crippen molar-refractivity contribution in [3.8, 4) is 0 Å². The van der Waals surface area contributed by atoms with E-state index in [1.54, 1.807) is 18.0 Å². The number of hydrogen-bond acceptors (Lipinski definition) is 5. The number of nitrogens with zero attached hydrogens (tertiary/aromatic N) is 3. The predicted octanol–water partition coefficient (Wildman–Crippen LogP) is 1.88. The minimum Gasteiger partial charge on any atom is -0.361 e. The lowest BCUT2D eigenvalue weighted by atomic mass is 9.93. The number of pyridine rings is 1. The number of ether oxygens (including phenoxy) is 1. The number of amides is 2. The lowest BCUT2D eigenvalue weighted by molar-refractivity contribution is -0.157. The molecule has 0 aliphatic carbocycles. The second-order valence-corrected chi connectivity index (χ2v) is 7.64. The molecule has 0 bridgehead atoms. The summed E-state index contributed by atoms with van der Waals surface area (Å²) in [7, 11) is 0. The SMILES string of the molecule is Cc1[nH]ncc1C(=O)N1CCOC(Cc2ccccn2)(C(=O)NCc2ccccc2)C1. The summed E-state index contributed by atoms with van der Waals surface area (Å²) in [6, 6.07) is 15.2. The van der Waals surface area contributed by atoms with Gasteiger partial charge in [-0.05, 0) is 24.6 Å². The monoisotopic (exact) mass is 419 g/mol. The molecule has 1 fully saturated rings. The van der Waals surface area contributed by atoms with E-state index in [1.807, 2.05) is 48.5 Å². The van der Waals surface area contributed by atoms with Crippen LogP contribution in [0.2, 0.25) is 0 Å². The third-order valence-electron chi connectivity index (χ3n) is 5.44. The van der Waals surface area contributed by atoms with Gasteiger partial charge in [0, 0.05) is 37.1 Å². The number of carbonyl (C=O) groups excluding carboxylic acids is 2. The molecule has 0 spiro atoms. The van der Waals surface area contributed by atoms with Crippen LogP contribution in [0.1, 0.15) is 27.3 Å². The van der Waals surface area contributed by atoms with Gasteiger partial charge in [-0.15, -0.1) is 0 Å². The number of nitrogens with one attached hydrogen (secondary N) is 2. The summed E-state index contributed by atoms with van der Waals surface area (Å²) in [5.74, 6) is -0.431. The molecule has 1 saturated heterocycles. The first-order valence-corrected chi connectivity index (χ1v) is 10.2. The van der Waals surface area contributed by atoms with E-state index < -0.39 is 5.60 Å². The van der Waals surface area contributed by atoms with Crippen molar-refractivity contribution in [2.75, 3.05) is 19.7 Å². The number of morpholine rings is 1. The smallest absolute Gasteiger partial charge is 0.257 e. The maximum Gasteiger partial charge on any atom is 0.257 e. The van der Waals surface area contributed by atoms with E-state index in [9.17, 15) is 9.59 Å². The van der Waals surface area contributed by atoms with Crippen molar-refractivity contribution in [2.24, 2.45) is 0 Å². The third kappa shape index (κ3) is 4.64. The molecular weight excluding hydrogens is 394 g/mol. The van der Waals surface area contributed by atoms with Gasteiger partial charge in [-0.25, -0.2) is 0 Å². The Kier molecular flexibility index (Phi) is 6.08. The molecule has 2 amide bonds. The summed E-state index contributed by atoms with van der Waals surface area (Å²) in [6.07, 6.45) is 3.47. The molecule has 1 aliphatic heterocycles. The van der Waals surface area contributed by atoms with Crippen LogP contribution in [0.5, 0.6) is 0 Å². The number of hydrogen-bond donors (Lipinski definition) is 2. The lowest BCUT2D eigenvalue weighted by Crippen LogP contribution is -2.62. The van der Waals surface area contributed by atoms with Gasteiger partial charge in [0.2, 0.25) is 0 Å². The molecule has 3 heterocycles. The van der Waals surface area contributed by atoms with Gasteiger partial charge < -0.3 is 15.0 Å². The van der Waals surface area contributed by atoms with Crippen molar-refractivity contribution in [1.29, 1.82) is 0 Å². The van der Waals surface area contributed by atoms with Crippen LogP contribution < -0.4 is 5.32 Å². The van der Waals surface area contributed by atoms with Crippen molar-refractivity contribution < 1.29 is 14.3 Å². The zero-order valence-corrected chi connectivity index (χ0v) is 17.4. The van der Waals surface area contributed by atoms with Crippen LogP contribution in [0.3, 0.4) is 0 Å². The van der Waals surface area contributed by atoms with Gasteiger partial charge in [-0.1, -0.05) is 36.4 Å². The number of aromatic nitrogens is 3. The lowest BCUT2D eigenvalue weighted by Gasteiger charge is -2.41. The van der Waals surface area contributed by atoms with E-state index in [4.69, 9.17) is 4.74 Å². The maximum absolute atomic E-state index is 13.4. The van der Waals surface area contributed by atoms with Crippen LogP contribution in [-0.2, 0) is 22.5 Å². The van der Waals surface area contributed by atoms with Crippen LogP contribution >= 0.6 is 0 Å². The maximum atomic E-state index is 13.4. The van der Waals surface area contributed by atoms with Gasteiger partial charge in [-0.2, -0.15) is 5.10 Å². The molecule has 1 aromatic carbocycles. The first kappa shape index (κ1) is 20.7. The Morgan fingerprint density at radius 3 is 2.71 bits per heavy atom. The second kappa shape index (κ2) is 9.09. The van der Waals surface area contributed by atoms with Crippen LogP contribution in [-0.4, -0.2) is 57.2 Å². The first-order valence-electron chi connectivity index (χ1n) is 10.2. The number of aromatic amines is 1. The molecule has 2 N–H and O–H groups in total. The molecule has 3 aromatic rings. The predicted molar refractivity (Wildman–Crippen MR) is 114 cm³/mol. The van der Waals surface area contributed by atoms with Gasteiger partial charge >= 0.3 is 0 Å². The Balaban J connectivity index is 1.57. The highest BCUT2D eigenvalue weighted by Gasteiger charge is 2.45. The summed E-state index contributed by atoms with van der Waals surface area (Å²) >= 11 is 0. The van der Waals surface area contributed by atoms with Gasteiger partial charge in [0.1, 0.15) is 0 Å². The molecular formula is C23H25N5O3. The molecule has 2 aromatic heterocycles. The summed E-state index contributed by atoms with van der Waals surface area (Å²) in [5, 5.41) is 9.73. The fourth-order valence-corrected chi connectivity index (χ4v) is 3.75. The number of H-pyrrole nitrogens is 1. The molecule has 31 heavy (non-hydrogen) atoms. The van der Waals surface area contributed by atoms with E-state index in [0.717, 1.165) is 11.3 Å². The van der Waals surface area contributed by atoms with Crippen LogP contribution in [0.4, 0.5) is 0 Å². The molecule has 1 unspecified atom stereocenters. The fourth-order valence-electron chi connectivity index (χ4n) is 3.75. The average molecular weight is 419 g/mol. The Hall–Kier alpha value is -3.52. The van der Waals surface area contributed by atoms with Gasteiger partial charge in [-0.3, -0.25) is 19.7 Å². The van der Waals surface area contributed by atoms with Gasteiger partial charge in [0.05, 0.1) is 24.9 Å². The molecule has 1 atom stereocenters. The molecule has 160 valence electrons. The topological polar surface area (TPSA) is 100 Å². The van der Waals surface area contributed by atoms with E-state index in [-0.39, 0.29) is 31.4 Å². The molecule has 8 heteroatoms. The number of aryl methyl sites for hydroxylation is 1. The van der Waals surface area contributed by atoms with Crippen molar-refractivity contribution >= 4 is 11.8 Å². The Morgan fingerprint density at radius 2 is 2.00 bits per heavy atom. The van der Waals surface area contributed by atoms with Crippen molar-refractivity contribution in [1.82, 2.24) is 25.4 Å². The summed E-state index contributed by atoms with van der Waals surface area (Å²) in [6.45, 7) is 2.97. The standard InChI is InChI=1S/C23H25N5O3/c1-17-20(15-26-27-17)21(29)28-11-12-31-23(16-28,13-19-9-5-6-10-24-19)22(30)25-14-18-7-3-2-4-8-18/h2-10,15H,11-14,16H2,1H3,(H,25,30)(H,26,27). The fraction of sp³-hybridized carbons (Fsp3) is 0.304. The van der Waals surface area contributed by atoms with Gasteiger partial charge in [0.15, 0.2) is 5.60 Å². The minimum atomic E-state index is -1.23. The highest BCUT2D eigenvalue weighted by atomic mass is 16.5. The summed E-state index contributed by atoms with van der Waals surface area (Å²) in [4.78, 5) is 32.5. The molecule has 0 radical (unpaired) electrons. The highest BCUT2D eigenvalue weighted by molar-refractivity contribution is 5.96. The molecule has 1 aliphatic rings. The molecule has 8 nitrogen and oxygen atoms in total. The van der Waals surface area contributed by atoms with E-state index in [1.165, 1.54) is 6.20 Å². The molecule has 0 saturated carbocycles. The quantitative estimate of drug-likeness (QED) is 0.636. The third-order valence-corrected chi connectivity index (χ3v) is 5.44. The average Bonchev–Trinajstić information content (AvgIpc) is 3.24. The van der Waals surface area contributed by atoms with Crippen molar-refractivity contribution in [3.63, 3.8) is 0 Å². The van der Waals surface area contributed by atoms with Crippen molar-refractivity contribution in [3.05, 3.63) is 83.4 Å². The van der Waals surface area contributed by atoms with Crippen LogP contribution in [0, 0.1) is 6.92 Å². The first-order chi connectivity index (χ1) is 15.1. The van der Waals surface area contributed by atoms with Crippen LogP contribution in [0.15, 0.2) is 60.9 Å². The van der Waals surface area contributed by atoms with E-state index in [0.29, 0.717) is 24.3 Å². The van der Waals surface area contributed by atoms with Crippen LogP contribution in [0.25, 0.3) is 0 Å². The number of benzene rings is 1. The Bertz CT molecular complexity index is 1040. The number of rotatable bonds is 6. The number of carbonyl (C=O) groups is 2. The summed E-state index contributed by atoms with van der Waals surface area (Å²) < 4.78 is 6.08. The minimum absolute atomic E-state index is 0.133. The van der Waals surface area contributed by atoms with Gasteiger partial charge in [0.25, 0.3) is 11.8 Å². The largest absolute Gasteiger partial charge is 0.361 e. The second-order valence-electron chi connectivity index (χ2n) is 7.64. The zero-order valence-electron chi connectivity index (χ0n) is 17.4. The zero-order chi connectivity index (χ0) is 21.7. The van der Waals surface area contributed by atoms with E-state index in [2.05, 4.69) is 20.5 Å². The Morgan fingerprint density at radius 1 is 1.19 bits per heavy atom. The molecule has 4 rings (SSSR count). The normalized spacial score (nSPS) is 18.5. The van der Waals surface area contributed by atoms with Crippen molar-refractivity contribution in [2.45, 2.75) is 25.5 Å². The Labute approximate surface area is 180 Å². The van der Waals surface area contributed by atoms with E-state index >= 15 is 0 Å². The highest BCUT2D eigenvalue weighted by Crippen LogP contribution is 2.25. The summed E-state index contributed by atoms with van der Waals surface area (Å²) in [5.41, 5.74) is 1.68.